The van der Waals surface area contributed by atoms with Crippen LogP contribution in [-0.2, 0) is 12.8 Å². The van der Waals surface area contributed by atoms with Gasteiger partial charge < -0.3 is 9.84 Å². The van der Waals surface area contributed by atoms with Gasteiger partial charge >= 0.3 is 0 Å². The van der Waals surface area contributed by atoms with Crippen LogP contribution in [-0.4, -0.2) is 17.5 Å². The van der Waals surface area contributed by atoms with Crippen LogP contribution in [0.5, 0.6) is 11.5 Å². The Kier molecular flexibility index (Phi) is 3.96. The van der Waals surface area contributed by atoms with E-state index in [1.165, 1.54) is 0 Å². The van der Waals surface area contributed by atoms with E-state index in [-0.39, 0.29) is 5.78 Å². The van der Waals surface area contributed by atoms with Crippen molar-refractivity contribution in [2.75, 3.05) is 6.61 Å². The maximum Gasteiger partial charge on any atom is 0.159 e. The number of aromatic hydroxyl groups is 1. The van der Waals surface area contributed by atoms with Gasteiger partial charge in [0.25, 0.3) is 0 Å². The second kappa shape index (κ2) is 6.06. The fraction of sp³-hybridized carbons (Fsp3) is 0.211. The van der Waals surface area contributed by atoms with Crippen molar-refractivity contribution in [2.24, 2.45) is 0 Å². The predicted octanol–water partition coefficient (Wildman–Crippen LogP) is 3.79. The number of hydrogen-bond donors (Lipinski definition) is 1. The van der Waals surface area contributed by atoms with E-state index in [4.69, 9.17) is 4.74 Å². The van der Waals surface area contributed by atoms with E-state index in [1.54, 1.807) is 13.0 Å². The first-order valence-electron chi connectivity index (χ1n) is 7.38. The summed E-state index contributed by atoms with van der Waals surface area (Å²) < 4.78 is 5.53. The second-order valence-corrected chi connectivity index (χ2v) is 5.47. The van der Waals surface area contributed by atoms with Crippen LogP contribution in [0.2, 0.25) is 0 Å². The number of phenolic OH excluding ortho intramolecular Hbond substituents is 1. The van der Waals surface area contributed by atoms with Gasteiger partial charge in [0, 0.05) is 23.1 Å². The first-order valence-corrected chi connectivity index (χ1v) is 7.38. The van der Waals surface area contributed by atoms with Gasteiger partial charge in [0.1, 0.15) is 11.5 Å². The molecule has 2 aromatic rings. The van der Waals surface area contributed by atoms with E-state index in [2.05, 4.69) is 0 Å². The lowest BCUT2D eigenvalue weighted by molar-refractivity contribution is 0.101. The lowest BCUT2D eigenvalue weighted by Gasteiger charge is -2.05. The topological polar surface area (TPSA) is 46.5 Å². The largest absolute Gasteiger partial charge is 0.508 e. The molecule has 0 amide bonds. The summed E-state index contributed by atoms with van der Waals surface area (Å²) in [6.07, 6.45) is 5.48. The summed E-state index contributed by atoms with van der Waals surface area (Å²) in [6, 6.07) is 11.2. The molecule has 0 saturated heterocycles. The van der Waals surface area contributed by atoms with Crippen molar-refractivity contribution in [3.8, 4) is 11.5 Å². The first kappa shape index (κ1) is 14.4. The molecule has 0 fully saturated rings. The summed E-state index contributed by atoms with van der Waals surface area (Å²) in [7, 11) is 0. The number of allylic oxidation sites excluding steroid dienone is 1. The number of ketones is 1. The first-order chi connectivity index (χ1) is 10.6. The maximum atomic E-state index is 11.2. The Morgan fingerprint density at radius 1 is 1.27 bits per heavy atom. The Hall–Kier alpha value is -2.55. The molecule has 1 aliphatic heterocycles. The molecule has 0 unspecified atom stereocenters. The lowest BCUT2D eigenvalue weighted by Crippen LogP contribution is -1.90. The standard InChI is InChI=1S/C19H18O3/c1-13(20)15-7-5-14(6-8-15)3-2-4-16-12-19-17(9-10-22-19)11-18(16)21/h2-3,5-8,11-12,21H,4,9-10H2,1H3. The van der Waals surface area contributed by atoms with Gasteiger partial charge in [-0.15, -0.1) is 0 Å². The van der Waals surface area contributed by atoms with Crippen molar-refractivity contribution in [2.45, 2.75) is 19.8 Å². The van der Waals surface area contributed by atoms with Crippen molar-refractivity contribution in [1.29, 1.82) is 0 Å². The minimum absolute atomic E-state index is 0.0681. The summed E-state index contributed by atoms with van der Waals surface area (Å²) in [5.74, 6) is 1.27. The number of carbonyl (C=O) groups is 1. The van der Waals surface area contributed by atoms with Gasteiger partial charge in [0.2, 0.25) is 0 Å². The Labute approximate surface area is 129 Å². The molecule has 3 heteroatoms. The third-order valence-corrected chi connectivity index (χ3v) is 3.86. The molecule has 1 N–H and O–H groups in total. The Morgan fingerprint density at radius 3 is 2.77 bits per heavy atom. The minimum Gasteiger partial charge on any atom is -0.508 e. The van der Waals surface area contributed by atoms with E-state index in [0.717, 1.165) is 28.9 Å². The zero-order chi connectivity index (χ0) is 15.5. The van der Waals surface area contributed by atoms with Crippen LogP contribution in [0.25, 0.3) is 6.08 Å². The summed E-state index contributed by atoms with van der Waals surface area (Å²) in [5.41, 5.74) is 3.68. The number of ether oxygens (including phenoxy) is 1. The number of fused-ring (bicyclic) bond motifs is 1. The Balaban J connectivity index is 1.70. The van der Waals surface area contributed by atoms with Crippen LogP contribution in [0, 0.1) is 0 Å². The van der Waals surface area contributed by atoms with Crippen molar-refractivity contribution in [3.05, 3.63) is 64.7 Å². The van der Waals surface area contributed by atoms with Crippen LogP contribution in [0.3, 0.4) is 0 Å². The highest BCUT2D eigenvalue weighted by atomic mass is 16.5. The van der Waals surface area contributed by atoms with E-state index in [1.807, 2.05) is 42.5 Å². The zero-order valence-corrected chi connectivity index (χ0v) is 12.5. The quantitative estimate of drug-likeness (QED) is 0.873. The van der Waals surface area contributed by atoms with Crippen molar-refractivity contribution in [3.63, 3.8) is 0 Å². The fourth-order valence-electron chi connectivity index (χ4n) is 2.57. The average molecular weight is 294 g/mol. The maximum absolute atomic E-state index is 11.2. The Bertz CT molecular complexity index is 727. The minimum atomic E-state index is 0.0681. The van der Waals surface area contributed by atoms with Gasteiger partial charge in [-0.25, -0.2) is 0 Å². The molecular formula is C19H18O3. The molecule has 0 atom stereocenters. The van der Waals surface area contributed by atoms with Gasteiger partial charge in [0.05, 0.1) is 6.61 Å². The van der Waals surface area contributed by atoms with Crippen LogP contribution < -0.4 is 4.74 Å². The summed E-state index contributed by atoms with van der Waals surface area (Å²) in [6.45, 7) is 2.25. The highest BCUT2D eigenvalue weighted by Crippen LogP contribution is 2.32. The van der Waals surface area contributed by atoms with E-state index in [0.29, 0.717) is 24.3 Å². The van der Waals surface area contributed by atoms with Gasteiger partial charge in [0.15, 0.2) is 5.78 Å². The molecule has 0 bridgehead atoms. The smallest absolute Gasteiger partial charge is 0.159 e. The molecule has 0 radical (unpaired) electrons. The molecule has 3 rings (SSSR count). The van der Waals surface area contributed by atoms with Crippen molar-refractivity contribution in [1.82, 2.24) is 0 Å². The summed E-state index contributed by atoms with van der Waals surface area (Å²) in [4.78, 5) is 11.2. The zero-order valence-electron chi connectivity index (χ0n) is 12.5. The van der Waals surface area contributed by atoms with Crippen molar-refractivity contribution >= 4 is 11.9 Å². The van der Waals surface area contributed by atoms with Crippen molar-refractivity contribution < 1.29 is 14.6 Å². The molecule has 0 saturated carbocycles. The molecular weight excluding hydrogens is 276 g/mol. The molecule has 1 heterocycles. The molecule has 112 valence electrons. The van der Waals surface area contributed by atoms with E-state index >= 15 is 0 Å². The molecule has 3 nitrogen and oxygen atoms in total. The average Bonchev–Trinajstić information content (AvgIpc) is 2.95. The number of hydrogen-bond acceptors (Lipinski definition) is 3. The van der Waals surface area contributed by atoms with Crippen LogP contribution >= 0.6 is 0 Å². The molecule has 0 aliphatic carbocycles. The van der Waals surface area contributed by atoms with Gasteiger partial charge in [-0.2, -0.15) is 0 Å². The fourth-order valence-corrected chi connectivity index (χ4v) is 2.57. The highest BCUT2D eigenvalue weighted by Gasteiger charge is 2.14. The monoisotopic (exact) mass is 294 g/mol. The molecule has 22 heavy (non-hydrogen) atoms. The third kappa shape index (κ3) is 3.03. The normalized spacial score (nSPS) is 13.1. The number of rotatable bonds is 4. The number of benzene rings is 2. The SMILES string of the molecule is CC(=O)c1ccc(C=CCc2cc3c(cc2O)CCO3)cc1. The molecule has 0 spiro atoms. The highest BCUT2D eigenvalue weighted by molar-refractivity contribution is 5.94. The van der Waals surface area contributed by atoms with Crippen LogP contribution in [0.4, 0.5) is 0 Å². The molecule has 0 aromatic heterocycles. The molecule has 2 aromatic carbocycles. The second-order valence-electron chi connectivity index (χ2n) is 5.47. The van der Waals surface area contributed by atoms with Crippen LogP contribution in [0.15, 0.2) is 42.5 Å². The third-order valence-electron chi connectivity index (χ3n) is 3.86. The van der Waals surface area contributed by atoms with Gasteiger partial charge in [-0.05, 0) is 31.0 Å². The number of Topliss-reactive ketones (excluding diaryl/α,β-unsaturated/α-hetero) is 1. The predicted molar refractivity (Wildman–Crippen MR) is 86.5 cm³/mol. The summed E-state index contributed by atoms with van der Waals surface area (Å²) in [5, 5.41) is 10.0. The van der Waals surface area contributed by atoms with Gasteiger partial charge in [-0.1, -0.05) is 36.4 Å². The summed E-state index contributed by atoms with van der Waals surface area (Å²) >= 11 is 0. The van der Waals surface area contributed by atoms with Crippen LogP contribution in [0.1, 0.15) is 34.0 Å². The van der Waals surface area contributed by atoms with E-state index in [9.17, 15) is 9.90 Å². The number of phenols is 1. The Morgan fingerprint density at radius 2 is 2.05 bits per heavy atom. The van der Waals surface area contributed by atoms with E-state index < -0.39 is 0 Å². The van der Waals surface area contributed by atoms with Gasteiger partial charge in [-0.3, -0.25) is 4.79 Å². The molecule has 1 aliphatic rings. The lowest BCUT2D eigenvalue weighted by atomic mass is 10.0. The number of carbonyl (C=O) groups excluding carboxylic acids is 1.